The van der Waals surface area contributed by atoms with Crippen LogP contribution in [0.15, 0.2) is 18.2 Å². The second-order valence-corrected chi connectivity index (χ2v) is 9.97. The zero-order chi connectivity index (χ0) is 17.4. The zero-order valence-corrected chi connectivity index (χ0v) is 15.6. The van der Waals surface area contributed by atoms with Crippen molar-refractivity contribution in [3.8, 4) is 11.5 Å². The van der Waals surface area contributed by atoms with Crippen molar-refractivity contribution < 1.29 is 17.9 Å². The second-order valence-electron chi connectivity index (χ2n) is 7.66. The number of hydrogen-bond donors (Lipinski definition) is 1. The molecule has 0 spiro atoms. The maximum absolute atomic E-state index is 11.7. The van der Waals surface area contributed by atoms with Crippen molar-refractivity contribution in [1.29, 1.82) is 0 Å². The van der Waals surface area contributed by atoms with Gasteiger partial charge in [-0.05, 0) is 62.1 Å². The molecule has 1 N–H and O–H groups in total. The first kappa shape index (κ1) is 17.2. The average molecular weight is 365 g/mol. The van der Waals surface area contributed by atoms with Crippen LogP contribution in [0.2, 0.25) is 0 Å². The molecule has 0 aromatic heterocycles. The number of nitrogens with one attached hydrogen (secondary N) is 1. The Bertz CT molecular complexity index is 715. The summed E-state index contributed by atoms with van der Waals surface area (Å²) >= 11 is 0. The van der Waals surface area contributed by atoms with Crippen LogP contribution in [-0.4, -0.2) is 39.2 Å². The van der Waals surface area contributed by atoms with Crippen LogP contribution in [-0.2, 0) is 9.84 Å². The molecule has 5 nitrogen and oxygen atoms in total. The molecule has 1 saturated carbocycles. The van der Waals surface area contributed by atoms with E-state index in [9.17, 15) is 8.42 Å². The van der Waals surface area contributed by atoms with Gasteiger partial charge >= 0.3 is 0 Å². The predicted octanol–water partition coefficient (Wildman–Crippen LogP) is 2.71. The van der Waals surface area contributed by atoms with Gasteiger partial charge in [0.1, 0.15) is 23.1 Å². The topological polar surface area (TPSA) is 64.6 Å². The number of rotatable bonds is 5. The summed E-state index contributed by atoms with van der Waals surface area (Å²) in [6.07, 6.45) is 4.04. The Kier molecular flexibility index (Phi) is 4.67. The Morgan fingerprint density at radius 3 is 2.36 bits per heavy atom. The van der Waals surface area contributed by atoms with Crippen LogP contribution in [0.5, 0.6) is 11.5 Å². The van der Waals surface area contributed by atoms with Crippen molar-refractivity contribution in [2.75, 3.05) is 24.7 Å². The van der Waals surface area contributed by atoms with Crippen molar-refractivity contribution in [3.63, 3.8) is 0 Å². The highest BCUT2D eigenvalue weighted by molar-refractivity contribution is 7.91. The van der Waals surface area contributed by atoms with E-state index in [1.165, 1.54) is 18.4 Å². The van der Waals surface area contributed by atoms with Gasteiger partial charge in [0, 0.05) is 12.1 Å². The first-order valence-corrected chi connectivity index (χ1v) is 11.2. The van der Waals surface area contributed by atoms with Crippen molar-refractivity contribution in [1.82, 2.24) is 5.32 Å². The standard InChI is InChI=1S/C19H27NO4S/c1-13(14-6-10-25(21,22)11-7-14)20-19(15-2-3-15)16-4-5-17-18(12-16)24-9-8-23-17/h4-5,12-15,19-20H,2-3,6-11H2,1H3. The molecule has 2 unspecified atom stereocenters. The normalized spacial score (nSPS) is 25.3. The summed E-state index contributed by atoms with van der Waals surface area (Å²) in [5.41, 5.74) is 1.25. The van der Waals surface area contributed by atoms with E-state index >= 15 is 0 Å². The molecule has 1 saturated heterocycles. The molecule has 1 aromatic carbocycles. The Hall–Kier alpha value is -1.27. The highest BCUT2D eigenvalue weighted by Crippen LogP contribution is 2.44. The van der Waals surface area contributed by atoms with Gasteiger partial charge < -0.3 is 14.8 Å². The summed E-state index contributed by atoms with van der Waals surface area (Å²) in [5.74, 6) is 3.44. The number of ether oxygens (including phenoxy) is 2. The van der Waals surface area contributed by atoms with E-state index < -0.39 is 9.84 Å². The molecule has 0 bridgehead atoms. The van der Waals surface area contributed by atoms with Crippen LogP contribution in [0.3, 0.4) is 0 Å². The molecule has 25 heavy (non-hydrogen) atoms. The number of sulfone groups is 1. The van der Waals surface area contributed by atoms with Gasteiger partial charge in [-0.25, -0.2) is 8.42 Å². The first-order chi connectivity index (χ1) is 12.0. The molecule has 2 aliphatic heterocycles. The highest BCUT2D eigenvalue weighted by Gasteiger charge is 2.36. The van der Waals surface area contributed by atoms with Crippen molar-refractivity contribution in [2.45, 2.75) is 44.7 Å². The van der Waals surface area contributed by atoms with Crippen LogP contribution in [0.1, 0.15) is 44.2 Å². The number of hydrogen-bond acceptors (Lipinski definition) is 5. The number of fused-ring (bicyclic) bond motifs is 1. The minimum absolute atomic E-state index is 0.310. The van der Waals surface area contributed by atoms with E-state index in [4.69, 9.17) is 9.47 Å². The summed E-state index contributed by atoms with van der Waals surface area (Å²) in [6, 6.07) is 6.89. The van der Waals surface area contributed by atoms with Crippen LogP contribution < -0.4 is 14.8 Å². The molecule has 0 radical (unpaired) electrons. The lowest BCUT2D eigenvalue weighted by atomic mass is 9.92. The van der Waals surface area contributed by atoms with Gasteiger partial charge in [0.05, 0.1) is 11.5 Å². The van der Waals surface area contributed by atoms with Gasteiger partial charge in [0.2, 0.25) is 0 Å². The van der Waals surface area contributed by atoms with Crippen LogP contribution in [0.4, 0.5) is 0 Å². The van der Waals surface area contributed by atoms with Gasteiger partial charge in [-0.3, -0.25) is 0 Å². The van der Waals surface area contributed by atoms with Crippen molar-refractivity contribution >= 4 is 9.84 Å². The summed E-state index contributed by atoms with van der Waals surface area (Å²) < 4.78 is 34.7. The molecular weight excluding hydrogens is 338 g/mol. The minimum atomic E-state index is -2.80. The van der Waals surface area contributed by atoms with Gasteiger partial charge in [0.25, 0.3) is 0 Å². The van der Waals surface area contributed by atoms with Gasteiger partial charge in [-0.1, -0.05) is 6.07 Å². The molecule has 6 heteroatoms. The largest absolute Gasteiger partial charge is 0.486 e. The summed E-state index contributed by atoms with van der Waals surface area (Å²) in [7, 11) is -2.80. The fourth-order valence-corrected chi connectivity index (χ4v) is 5.54. The lowest BCUT2D eigenvalue weighted by molar-refractivity contribution is 0.171. The smallest absolute Gasteiger partial charge is 0.161 e. The zero-order valence-electron chi connectivity index (χ0n) is 14.7. The lowest BCUT2D eigenvalue weighted by Gasteiger charge is -2.32. The maximum atomic E-state index is 11.7. The second kappa shape index (κ2) is 6.80. The van der Waals surface area contributed by atoms with E-state index in [2.05, 4.69) is 24.4 Å². The molecule has 138 valence electrons. The number of benzene rings is 1. The Balaban J connectivity index is 1.47. The third kappa shape index (κ3) is 3.95. The summed E-state index contributed by atoms with van der Waals surface area (Å²) in [6.45, 7) is 3.42. The molecule has 2 heterocycles. The average Bonchev–Trinajstić information content (AvgIpc) is 3.44. The van der Waals surface area contributed by atoms with E-state index in [0.29, 0.717) is 48.6 Å². The van der Waals surface area contributed by atoms with Crippen LogP contribution >= 0.6 is 0 Å². The van der Waals surface area contributed by atoms with E-state index in [1.807, 2.05) is 6.07 Å². The molecule has 1 aromatic rings. The Morgan fingerprint density at radius 2 is 1.68 bits per heavy atom. The van der Waals surface area contributed by atoms with Crippen LogP contribution in [0.25, 0.3) is 0 Å². The van der Waals surface area contributed by atoms with Crippen LogP contribution in [0, 0.1) is 11.8 Å². The lowest BCUT2D eigenvalue weighted by Crippen LogP contribution is -2.40. The molecule has 2 fully saturated rings. The quantitative estimate of drug-likeness (QED) is 0.869. The van der Waals surface area contributed by atoms with Crippen molar-refractivity contribution in [3.05, 3.63) is 23.8 Å². The third-order valence-corrected chi connectivity index (χ3v) is 7.48. The SMILES string of the molecule is CC(NC(c1ccc2c(c1)OCCO2)C1CC1)C1CCS(=O)(=O)CC1. The molecular formula is C19H27NO4S. The molecule has 1 aliphatic carbocycles. The highest BCUT2D eigenvalue weighted by atomic mass is 32.2. The van der Waals surface area contributed by atoms with E-state index in [1.54, 1.807) is 0 Å². The summed E-state index contributed by atoms with van der Waals surface area (Å²) in [5, 5.41) is 3.81. The minimum Gasteiger partial charge on any atom is -0.486 e. The Morgan fingerprint density at radius 1 is 1.00 bits per heavy atom. The summed E-state index contributed by atoms with van der Waals surface area (Å²) in [4.78, 5) is 0. The maximum Gasteiger partial charge on any atom is 0.161 e. The van der Waals surface area contributed by atoms with Gasteiger partial charge in [-0.2, -0.15) is 0 Å². The van der Waals surface area contributed by atoms with Gasteiger partial charge in [0.15, 0.2) is 11.5 Å². The van der Waals surface area contributed by atoms with E-state index in [-0.39, 0.29) is 0 Å². The monoisotopic (exact) mass is 365 g/mol. The van der Waals surface area contributed by atoms with Gasteiger partial charge in [-0.15, -0.1) is 0 Å². The fourth-order valence-electron chi connectivity index (χ4n) is 4.02. The van der Waals surface area contributed by atoms with Crippen molar-refractivity contribution in [2.24, 2.45) is 11.8 Å². The fraction of sp³-hybridized carbons (Fsp3) is 0.684. The molecule has 0 amide bonds. The molecule has 4 rings (SSSR count). The third-order valence-electron chi connectivity index (χ3n) is 5.77. The Labute approximate surface area is 150 Å². The first-order valence-electron chi connectivity index (χ1n) is 9.38. The van der Waals surface area contributed by atoms with E-state index in [0.717, 1.165) is 24.3 Å². The predicted molar refractivity (Wildman–Crippen MR) is 96.9 cm³/mol. The molecule has 2 atom stereocenters. The molecule has 3 aliphatic rings.